The SMILES string of the molecule is COc1cc(-c2cc(-c3c(C)nn(-c4ccccc4)c3C)nc(N)c2C#N)cc2c1OCO2. The lowest BCUT2D eigenvalue weighted by molar-refractivity contribution is 0.171. The molecule has 0 saturated carbocycles. The number of benzene rings is 2. The van der Waals surface area contributed by atoms with Gasteiger partial charge < -0.3 is 19.9 Å². The van der Waals surface area contributed by atoms with Crippen molar-refractivity contribution in [1.82, 2.24) is 14.8 Å². The standard InChI is InChI=1S/C25H21N5O3/c1-14-23(15(2)30(29-14)17-7-5-4-6-8-17)20-11-18(19(12-26)25(27)28-20)16-9-21(31-3)24-22(10-16)32-13-33-24/h4-11H,13H2,1-3H3,(H2,27,28). The van der Waals surface area contributed by atoms with Crippen LogP contribution in [0.2, 0.25) is 0 Å². The van der Waals surface area contributed by atoms with Crippen LogP contribution in [0.5, 0.6) is 17.2 Å². The van der Waals surface area contributed by atoms with Crippen molar-refractivity contribution in [3.05, 3.63) is 65.5 Å². The Morgan fingerprint density at radius 2 is 1.91 bits per heavy atom. The lowest BCUT2D eigenvalue weighted by Gasteiger charge is -2.13. The molecule has 4 aromatic rings. The van der Waals surface area contributed by atoms with Gasteiger partial charge in [-0.3, -0.25) is 0 Å². The molecule has 1 aliphatic heterocycles. The molecule has 2 N–H and O–H groups in total. The predicted molar refractivity (Wildman–Crippen MR) is 124 cm³/mol. The number of nitrogen functional groups attached to an aromatic ring is 1. The Morgan fingerprint density at radius 3 is 2.64 bits per heavy atom. The number of anilines is 1. The smallest absolute Gasteiger partial charge is 0.231 e. The van der Waals surface area contributed by atoms with Gasteiger partial charge in [0, 0.05) is 11.1 Å². The molecule has 2 aromatic carbocycles. The minimum Gasteiger partial charge on any atom is -0.493 e. The van der Waals surface area contributed by atoms with E-state index in [2.05, 4.69) is 11.1 Å². The van der Waals surface area contributed by atoms with Crippen LogP contribution in [0.4, 0.5) is 5.82 Å². The zero-order chi connectivity index (χ0) is 23.1. The highest BCUT2D eigenvalue weighted by Crippen LogP contribution is 2.45. The van der Waals surface area contributed by atoms with Crippen molar-refractivity contribution in [2.45, 2.75) is 13.8 Å². The highest BCUT2D eigenvalue weighted by atomic mass is 16.7. The average Bonchev–Trinajstić information content (AvgIpc) is 3.42. The maximum atomic E-state index is 9.83. The number of aromatic nitrogens is 3. The normalized spacial score (nSPS) is 11.9. The highest BCUT2D eigenvalue weighted by Gasteiger charge is 2.24. The van der Waals surface area contributed by atoms with Gasteiger partial charge in [0.05, 0.1) is 29.9 Å². The second-order valence-electron chi connectivity index (χ2n) is 7.63. The van der Waals surface area contributed by atoms with Gasteiger partial charge in [0.15, 0.2) is 11.5 Å². The fourth-order valence-corrected chi connectivity index (χ4v) is 4.16. The summed E-state index contributed by atoms with van der Waals surface area (Å²) in [5.74, 6) is 1.75. The first-order valence-electron chi connectivity index (χ1n) is 10.3. The molecular weight excluding hydrogens is 418 g/mol. The molecular formula is C25H21N5O3. The summed E-state index contributed by atoms with van der Waals surface area (Å²) in [5, 5.41) is 14.6. The van der Waals surface area contributed by atoms with Gasteiger partial charge in [-0.15, -0.1) is 0 Å². The maximum absolute atomic E-state index is 9.83. The number of ether oxygens (including phenoxy) is 3. The fourth-order valence-electron chi connectivity index (χ4n) is 4.16. The minimum absolute atomic E-state index is 0.112. The summed E-state index contributed by atoms with van der Waals surface area (Å²) in [6, 6.07) is 17.6. The Bertz CT molecular complexity index is 1420. The number of fused-ring (bicyclic) bond motifs is 1. The molecule has 0 amide bonds. The van der Waals surface area contributed by atoms with Gasteiger partial charge in [0.25, 0.3) is 0 Å². The van der Waals surface area contributed by atoms with Crippen LogP contribution in [0.25, 0.3) is 28.1 Å². The quantitative estimate of drug-likeness (QED) is 0.502. The van der Waals surface area contributed by atoms with Crippen LogP contribution < -0.4 is 19.9 Å². The molecule has 0 radical (unpaired) electrons. The Morgan fingerprint density at radius 1 is 1.12 bits per heavy atom. The van der Waals surface area contributed by atoms with E-state index in [0.29, 0.717) is 34.1 Å². The summed E-state index contributed by atoms with van der Waals surface area (Å²) in [5.41, 5.74) is 12.1. The largest absolute Gasteiger partial charge is 0.493 e. The summed E-state index contributed by atoms with van der Waals surface area (Å²) in [6.07, 6.45) is 0. The highest BCUT2D eigenvalue weighted by molar-refractivity contribution is 5.83. The van der Waals surface area contributed by atoms with Crippen LogP contribution in [0, 0.1) is 25.2 Å². The number of aryl methyl sites for hydroxylation is 1. The second kappa shape index (κ2) is 7.88. The monoisotopic (exact) mass is 439 g/mol. The van der Waals surface area contributed by atoms with Gasteiger partial charge in [-0.05, 0) is 49.7 Å². The molecule has 164 valence electrons. The number of hydrogen-bond acceptors (Lipinski definition) is 7. The van der Waals surface area contributed by atoms with Gasteiger partial charge in [-0.25, -0.2) is 9.67 Å². The molecule has 0 atom stereocenters. The summed E-state index contributed by atoms with van der Waals surface area (Å²) < 4.78 is 18.4. The molecule has 0 unspecified atom stereocenters. The molecule has 3 heterocycles. The van der Waals surface area contributed by atoms with E-state index in [4.69, 9.17) is 25.0 Å². The van der Waals surface area contributed by atoms with E-state index in [9.17, 15) is 5.26 Å². The molecule has 33 heavy (non-hydrogen) atoms. The lowest BCUT2D eigenvalue weighted by atomic mass is 9.97. The lowest BCUT2D eigenvalue weighted by Crippen LogP contribution is -2.01. The molecule has 0 aliphatic carbocycles. The summed E-state index contributed by atoms with van der Waals surface area (Å²) >= 11 is 0. The van der Waals surface area contributed by atoms with E-state index < -0.39 is 0 Å². The first-order valence-corrected chi connectivity index (χ1v) is 10.3. The van der Waals surface area contributed by atoms with Crippen molar-refractivity contribution in [3.63, 3.8) is 0 Å². The third kappa shape index (κ3) is 3.31. The van der Waals surface area contributed by atoms with Gasteiger partial charge in [-0.2, -0.15) is 10.4 Å². The van der Waals surface area contributed by atoms with Crippen molar-refractivity contribution < 1.29 is 14.2 Å². The third-order valence-electron chi connectivity index (χ3n) is 5.68. The van der Waals surface area contributed by atoms with Crippen molar-refractivity contribution in [1.29, 1.82) is 5.26 Å². The van der Waals surface area contributed by atoms with Crippen LogP contribution in [0.3, 0.4) is 0 Å². The number of nitrogens with zero attached hydrogens (tertiary/aromatic N) is 4. The number of nitrogens with two attached hydrogens (primary N) is 1. The van der Waals surface area contributed by atoms with Gasteiger partial charge in [0.2, 0.25) is 12.5 Å². The van der Waals surface area contributed by atoms with E-state index >= 15 is 0 Å². The number of para-hydroxylation sites is 1. The zero-order valence-corrected chi connectivity index (χ0v) is 18.4. The van der Waals surface area contributed by atoms with Crippen molar-refractivity contribution in [3.8, 4) is 51.4 Å². The van der Waals surface area contributed by atoms with Crippen LogP contribution in [0.15, 0.2) is 48.5 Å². The number of hydrogen-bond donors (Lipinski definition) is 1. The van der Waals surface area contributed by atoms with Crippen LogP contribution in [0.1, 0.15) is 17.0 Å². The molecule has 5 rings (SSSR count). The number of methoxy groups -OCH3 is 1. The molecule has 8 nitrogen and oxygen atoms in total. The van der Waals surface area contributed by atoms with E-state index in [1.165, 1.54) is 0 Å². The molecule has 0 spiro atoms. The Balaban J connectivity index is 1.71. The van der Waals surface area contributed by atoms with Crippen molar-refractivity contribution in [2.24, 2.45) is 0 Å². The van der Waals surface area contributed by atoms with E-state index in [1.54, 1.807) is 13.2 Å². The topological polar surface area (TPSA) is 108 Å². The maximum Gasteiger partial charge on any atom is 0.231 e. The van der Waals surface area contributed by atoms with Gasteiger partial charge >= 0.3 is 0 Å². The Hall–Kier alpha value is -4.51. The summed E-state index contributed by atoms with van der Waals surface area (Å²) in [6.45, 7) is 4.03. The van der Waals surface area contributed by atoms with Gasteiger partial charge in [-0.1, -0.05) is 18.2 Å². The summed E-state index contributed by atoms with van der Waals surface area (Å²) in [7, 11) is 1.56. The molecule has 0 fully saturated rings. The van der Waals surface area contributed by atoms with Crippen LogP contribution >= 0.6 is 0 Å². The zero-order valence-electron chi connectivity index (χ0n) is 18.4. The van der Waals surface area contributed by atoms with E-state index in [1.807, 2.05) is 61.0 Å². The van der Waals surface area contributed by atoms with Crippen LogP contribution in [-0.2, 0) is 0 Å². The Kier molecular flexibility index (Phi) is 4.87. The fraction of sp³-hybridized carbons (Fsp3) is 0.160. The first kappa shape index (κ1) is 20.4. The molecule has 0 saturated heterocycles. The number of pyridine rings is 1. The van der Waals surface area contributed by atoms with E-state index in [0.717, 1.165) is 22.6 Å². The van der Waals surface area contributed by atoms with Crippen LogP contribution in [-0.4, -0.2) is 28.7 Å². The first-order chi connectivity index (χ1) is 16.0. The molecule has 8 heteroatoms. The molecule has 1 aliphatic rings. The number of nitriles is 1. The van der Waals surface area contributed by atoms with Gasteiger partial charge in [0.1, 0.15) is 17.5 Å². The molecule has 0 bridgehead atoms. The Labute approximate surface area is 190 Å². The van der Waals surface area contributed by atoms with E-state index in [-0.39, 0.29) is 18.2 Å². The van der Waals surface area contributed by atoms with Crippen molar-refractivity contribution >= 4 is 5.82 Å². The molecule has 2 aromatic heterocycles. The van der Waals surface area contributed by atoms with Crippen molar-refractivity contribution in [2.75, 3.05) is 19.6 Å². The third-order valence-corrected chi connectivity index (χ3v) is 5.68. The average molecular weight is 439 g/mol. The minimum atomic E-state index is 0.112. The summed E-state index contributed by atoms with van der Waals surface area (Å²) in [4.78, 5) is 4.56. The predicted octanol–water partition coefficient (Wildman–Crippen LogP) is 4.41. The second-order valence-corrected chi connectivity index (χ2v) is 7.63. The number of rotatable bonds is 4.